The van der Waals surface area contributed by atoms with Crippen molar-refractivity contribution in [3.05, 3.63) is 45.9 Å². The zero-order chi connectivity index (χ0) is 17.3. The second-order valence-corrected chi connectivity index (χ2v) is 6.39. The van der Waals surface area contributed by atoms with E-state index in [1.807, 2.05) is 30.3 Å². The summed E-state index contributed by atoms with van der Waals surface area (Å²) in [7, 11) is 4.73. The molecule has 3 rings (SSSR count). The number of carbonyl (C=O) groups is 1. The van der Waals surface area contributed by atoms with E-state index in [9.17, 15) is 4.79 Å². The molecule has 0 bridgehead atoms. The van der Waals surface area contributed by atoms with Crippen LogP contribution in [-0.2, 0) is 11.2 Å². The topological polar surface area (TPSA) is 56.8 Å². The van der Waals surface area contributed by atoms with Gasteiger partial charge in [0.1, 0.15) is 0 Å². The molecule has 2 aromatic carbocycles. The fraction of sp³-hybridized carbons (Fsp3) is 0.278. The molecule has 0 unspecified atom stereocenters. The maximum absolute atomic E-state index is 12.4. The number of nitrogens with one attached hydrogen (secondary N) is 1. The van der Waals surface area contributed by atoms with E-state index in [2.05, 4.69) is 21.2 Å². The van der Waals surface area contributed by atoms with Crippen LogP contribution in [0.15, 0.2) is 34.8 Å². The number of methoxy groups -OCH3 is 3. The third kappa shape index (κ3) is 2.82. The predicted molar refractivity (Wildman–Crippen MR) is 95.3 cm³/mol. The highest BCUT2D eigenvalue weighted by molar-refractivity contribution is 9.10. The first-order valence-corrected chi connectivity index (χ1v) is 8.26. The van der Waals surface area contributed by atoms with E-state index in [0.717, 1.165) is 21.3 Å². The number of halogens is 1. The van der Waals surface area contributed by atoms with E-state index in [0.29, 0.717) is 23.7 Å². The lowest BCUT2D eigenvalue weighted by Gasteiger charge is -2.17. The fourth-order valence-electron chi connectivity index (χ4n) is 3.04. The van der Waals surface area contributed by atoms with Crippen molar-refractivity contribution in [1.82, 2.24) is 0 Å². The molecule has 126 valence electrons. The summed E-state index contributed by atoms with van der Waals surface area (Å²) < 4.78 is 17.2. The number of anilines is 1. The van der Waals surface area contributed by atoms with Crippen molar-refractivity contribution >= 4 is 27.5 Å². The second kappa shape index (κ2) is 6.73. The van der Waals surface area contributed by atoms with E-state index in [1.54, 1.807) is 21.3 Å². The van der Waals surface area contributed by atoms with Crippen LogP contribution in [0.2, 0.25) is 0 Å². The number of amides is 1. The van der Waals surface area contributed by atoms with Crippen LogP contribution < -0.4 is 19.5 Å². The lowest BCUT2D eigenvalue weighted by molar-refractivity contribution is -0.117. The molecule has 0 aliphatic carbocycles. The van der Waals surface area contributed by atoms with Crippen LogP contribution >= 0.6 is 15.9 Å². The first-order chi connectivity index (χ1) is 11.6. The number of carbonyl (C=O) groups excluding carboxylic acids is 1. The first-order valence-electron chi connectivity index (χ1n) is 7.47. The number of fused-ring (bicyclic) bond motifs is 1. The van der Waals surface area contributed by atoms with Gasteiger partial charge in [0.2, 0.25) is 11.7 Å². The average molecular weight is 392 g/mol. The van der Waals surface area contributed by atoms with E-state index >= 15 is 0 Å². The van der Waals surface area contributed by atoms with Crippen LogP contribution in [0.5, 0.6) is 17.2 Å². The summed E-state index contributed by atoms with van der Waals surface area (Å²) in [6.07, 6.45) is 0.513. The number of hydrogen-bond acceptors (Lipinski definition) is 4. The van der Waals surface area contributed by atoms with Crippen molar-refractivity contribution in [2.45, 2.75) is 12.3 Å². The third-order valence-electron chi connectivity index (χ3n) is 4.17. The van der Waals surface area contributed by atoms with Gasteiger partial charge in [-0.05, 0) is 41.8 Å². The van der Waals surface area contributed by atoms with Gasteiger partial charge in [0.15, 0.2) is 11.5 Å². The molecule has 0 saturated carbocycles. The Morgan fingerprint density at radius 1 is 1.04 bits per heavy atom. The first kappa shape index (κ1) is 16.6. The lowest BCUT2D eigenvalue weighted by atomic mass is 9.92. The van der Waals surface area contributed by atoms with Crippen LogP contribution in [0, 0.1) is 0 Å². The minimum absolute atomic E-state index is 0.0139. The Morgan fingerprint density at radius 3 is 2.46 bits per heavy atom. The molecule has 1 aliphatic heterocycles. The number of hydrogen-bond donors (Lipinski definition) is 1. The summed E-state index contributed by atoms with van der Waals surface area (Å²) in [5.41, 5.74) is 2.72. The van der Waals surface area contributed by atoms with Crippen LogP contribution in [0.1, 0.15) is 17.0 Å². The maximum Gasteiger partial charge on any atom is 0.232 e. The average Bonchev–Trinajstić information content (AvgIpc) is 2.89. The van der Waals surface area contributed by atoms with Crippen molar-refractivity contribution in [2.75, 3.05) is 26.6 Å². The van der Waals surface area contributed by atoms with Crippen molar-refractivity contribution in [3.8, 4) is 17.2 Å². The molecular weight excluding hydrogens is 374 g/mol. The summed E-state index contributed by atoms with van der Waals surface area (Å²) in [4.78, 5) is 12.4. The maximum atomic E-state index is 12.4. The van der Waals surface area contributed by atoms with Crippen molar-refractivity contribution in [3.63, 3.8) is 0 Å². The Labute approximate surface area is 149 Å². The van der Waals surface area contributed by atoms with Crippen molar-refractivity contribution in [1.29, 1.82) is 0 Å². The predicted octanol–water partition coefficient (Wildman–Crippen LogP) is 3.75. The van der Waals surface area contributed by atoms with Gasteiger partial charge < -0.3 is 19.5 Å². The smallest absolute Gasteiger partial charge is 0.232 e. The van der Waals surface area contributed by atoms with Gasteiger partial charge in [-0.25, -0.2) is 0 Å². The molecule has 6 heteroatoms. The molecule has 0 aromatic heterocycles. The van der Waals surface area contributed by atoms with Gasteiger partial charge in [-0.15, -0.1) is 0 Å². The Kier molecular flexibility index (Phi) is 4.66. The molecule has 0 fully saturated rings. The van der Waals surface area contributed by atoms with Gasteiger partial charge in [-0.1, -0.05) is 22.0 Å². The standard InChI is InChI=1S/C18H18BrNO4/c1-22-15-7-4-10(16(23-2)17(15)24-3)8-13-12-9-11(19)5-6-14(12)20-18(13)21/h4-7,9,13H,8H2,1-3H3,(H,20,21)/t13-/m0/s1. The molecule has 1 aliphatic rings. The van der Waals surface area contributed by atoms with E-state index in [1.165, 1.54) is 0 Å². The van der Waals surface area contributed by atoms with E-state index in [4.69, 9.17) is 14.2 Å². The molecule has 0 saturated heterocycles. The number of benzene rings is 2. The summed E-state index contributed by atoms with van der Waals surface area (Å²) >= 11 is 3.47. The molecule has 0 radical (unpaired) electrons. The molecule has 5 nitrogen and oxygen atoms in total. The van der Waals surface area contributed by atoms with Gasteiger partial charge in [-0.2, -0.15) is 0 Å². The summed E-state index contributed by atoms with van der Waals surface area (Å²) in [5.74, 6) is 1.43. The Hall–Kier alpha value is -2.21. The highest BCUT2D eigenvalue weighted by Crippen LogP contribution is 2.43. The molecule has 2 aromatic rings. The molecule has 0 spiro atoms. The van der Waals surface area contributed by atoms with Crippen LogP contribution in [0.3, 0.4) is 0 Å². The number of rotatable bonds is 5. The van der Waals surface area contributed by atoms with Gasteiger partial charge in [0.05, 0.1) is 27.2 Å². The van der Waals surface area contributed by atoms with Gasteiger partial charge in [0, 0.05) is 10.2 Å². The largest absolute Gasteiger partial charge is 0.493 e. The molecule has 1 N–H and O–H groups in total. The van der Waals surface area contributed by atoms with Gasteiger partial charge >= 0.3 is 0 Å². The van der Waals surface area contributed by atoms with Crippen molar-refractivity contribution in [2.24, 2.45) is 0 Å². The second-order valence-electron chi connectivity index (χ2n) is 5.47. The van der Waals surface area contributed by atoms with E-state index in [-0.39, 0.29) is 11.8 Å². The lowest BCUT2D eigenvalue weighted by Crippen LogP contribution is -2.15. The Morgan fingerprint density at radius 2 is 1.79 bits per heavy atom. The zero-order valence-electron chi connectivity index (χ0n) is 13.7. The van der Waals surface area contributed by atoms with Crippen molar-refractivity contribution < 1.29 is 19.0 Å². The monoisotopic (exact) mass is 391 g/mol. The molecule has 24 heavy (non-hydrogen) atoms. The van der Waals surface area contributed by atoms with Gasteiger partial charge in [-0.3, -0.25) is 4.79 Å². The molecule has 1 atom stereocenters. The third-order valence-corrected chi connectivity index (χ3v) is 4.67. The normalized spacial score (nSPS) is 15.7. The summed E-state index contributed by atoms with van der Waals surface area (Å²) in [6, 6.07) is 9.53. The Balaban J connectivity index is 2.00. The fourth-order valence-corrected chi connectivity index (χ4v) is 3.42. The SMILES string of the molecule is COc1ccc(C[C@@H]2C(=O)Nc3ccc(Br)cc32)c(OC)c1OC. The van der Waals surface area contributed by atoms with Gasteiger partial charge in [0.25, 0.3) is 0 Å². The Bertz CT molecular complexity index is 791. The molecule has 1 heterocycles. The number of ether oxygens (including phenoxy) is 3. The summed E-state index contributed by atoms with van der Waals surface area (Å²) in [5, 5.41) is 2.93. The van der Waals surface area contributed by atoms with Crippen LogP contribution in [-0.4, -0.2) is 27.2 Å². The quantitative estimate of drug-likeness (QED) is 0.842. The zero-order valence-corrected chi connectivity index (χ0v) is 15.3. The minimum atomic E-state index is -0.274. The molecular formula is C18H18BrNO4. The van der Waals surface area contributed by atoms with Crippen LogP contribution in [0.25, 0.3) is 0 Å². The highest BCUT2D eigenvalue weighted by atomic mass is 79.9. The van der Waals surface area contributed by atoms with Crippen LogP contribution in [0.4, 0.5) is 5.69 Å². The minimum Gasteiger partial charge on any atom is -0.493 e. The van der Waals surface area contributed by atoms with E-state index < -0.39 is 0 Å². The summed E-state index contributed by atoms with van der Waals surface area (Å²) in [6.45, 7) is 0. The molecule has 1 amide bonds. The highest BCUT2D eigenvalue weighted by Gasteiger charge is 2.32.